The van der Waals surface area contributed by atoms with Crippen LogP contribution in [0.15, 0.2) is 30.5 Å². The minimum Gasteiger partial charge on any atom is -0.741 e. The Morgan fingerprint density at radius 1 is 1.19 bits per heavy atom. The lowest BCUT2D eigenvalue weighted by atomic mass is 10.0. The summed E-state index contributed by atoms with van der Waals surface area (Å²) < 4.78 is 61.1. The summed E-state index contributed by atoms with van der Waals surface area (Å²) in [6.45, 7) is 0. The zero-order valence-electron chi connectivity index (χ0n) is 13.7. The number of aromatic nitrogens is 1. The topological polar surface area (TPSA) is 64.3 Å². The van der Waals surface area contributed by atoms with Crippen molar-refractivity contribution in [2.45, 2.75) is 31.2 Å². The van der Waals surface area contributed by atoms with E-state index in [2.05, 4.69) is 22.3 Å². The van der Waals surface area contributed by atoms with Crippen molar-refractivity contribution >= 4 is 38.9 Å². The highest BCUT2D eigenvalue weighted by atomic mass is 35.5. The second kappa shape index (κ2) is 8.12. The van der Waals surface area contributed by atoms with Gasteiger partial charge in [0.15, 0.2) is 21.7 Å². The van der Waals surface area contributed by atoms with Gasteiger partial charge in [-0.05, 0) is 54.0 Å². The highest BCUT2D eigenvalue weighted by molar-refractivity contribution is 7.86. The fraction of sp³-hybridized carbons (Fsp3) is 0.400. The normalized spacial score (nSPS) is 14.2. The van der Waals surface area contributed by atoms with Crippen molar-refractivity contribution in [2.24, 2.45) is 0 Å². The highest BCUT2D eigenvalue weighted by Gasteiger charge is 2.36. The molecule has 0 spiro atoms. The van der Waals surface area contributed by atoms with Gasteiger partial charge in [0.05, 0.1) is 11.9 Å². The van der Waals surface area contributed by atoms with Crippen LogP contribution in [0.1, 0.15) is 23.3 Å². The van der Waals surface area contributed by atoms with Crippen molar-refractivity contribution < 1.29 is 30.2 Å². The van der Waals surface area contributed by atoms with Crippen LogP contribution in [-0.2, 0) is 23.0 Å². The highest BCUT2D eigenvalue weighted by Crippen LogP contribution is 2.24. The first-order valence-electron chi connectivity index (χ1n) is 7.54. The number of aryl methyl sites for hydroxylation is 2. The molecular weight excluding hydrogens is 413 g/mol. The molecule has 0 saturated heterocycles. The molecule has 1 aromatic heterocycles. The van der Waals surface area contributed by atoms with E-state index in [1.807, 2.05) is 35.8 Å². The van der Waals surface area contributed by atoms with Gasteiger partial charge in [0, 0.05) is 10.6 Å². The molecule has 0 bridgehead atoms. The van der Waals surface area contributed by atoms with Crippen LogP contribution in [0.5, 0.6) is 0 Å². The lowest BCUT2D eigenvalue weighted by Crippen LogP contribution is -2.48. The molecule has 0 unspecified atom stereocenters. The smallest absolute Gasteiger partial charge is 0.485 e. The van der Waals surface area contributed by atoms with Gasteiger partial charge in [-0.2, -0.15) is 13.2 Å². The average Bonchev–Trinajstić information content (AvgIpc) is 2.97. The van der Waals surface area contributed by atoms with Crippen molar-refractivity contribution in [2.75, 3.05) is 12.1 Å². The lowest BCUT2D eigenvalue weighted by Gasteiger charge is -2.08. The van der Waals surface area contributed by atoms with Gasteiger partial charge in [0.2, 0.25) is 6.20 Å². The minimum absolute atomic E-state index is 0.780. The quantitative estimate of drug-likeness (QED) is 0.417. The first kappa shape index (κ1) is 20.9. The predicted molar refractivity (Wildman–Crippen MR) is 92.2 cm³/mol. The Morgan fingerprint density at radius 2 is 1.73 bits per heavy atom. The summed E-state index contributed by atoms with van der Waals surface area (Å²) in [5.41, 5.74) is -2.97. The molecule has 144 valence electrons. The molecule has 26 heavy (non-hydrogen) atoms. The monoisotopic (exact) mass is 428 g/mol. The molecule has 0 radical (unpaired) electrons. The van der Waals surface area contributed by atoms with Crippen LogP contribution in [0.4, 0.5) is 18.9 Å². The molecule has 11 heteroatoms. The van der Waals surface area contributed by atoms with E-state index in [1.165, 1.54) is 31.2 Å². The summed E-state index contributed by atoms with van der Waals surface area (Å²) in [6.07, 6.45) is 7.40. The first-order valence-corrected chi connectivity index (χ1v) is 10.1. The fourth-order valence-electron chi connectivity index (χ4n) is 2.33. The van der Waals surface area contributed by atoms with Crippen LogP contribution < -0.4 is 9.07 Å². The van der Waals surface area contributed by atoms with Crippen molar-refractivity contribution in [3.63, 3.8) is 0 Å². The van der Waals surface area contributed by atoms with Gasteiger partial charge in [-0.15, -0.1) is 5.01 Å². The maximum Gasteiger partial charge on any atom is 0.485 e. The summed E-state index contributed by atoms with van der Waals surface area (Å²) in [4.78, 5) is 1.54. The van der Waals surface area contributed by atoms with E-state index in [1.54, 1.807) is 4.88 Å². The molecule has 0 atom stereocenters. The SMILES string of the molecule is CN(c1ccc(Cl)cc1)[n+]1cc2c(s1)CCCC2.O=S(=O)([O-])C(F)(F)F. The molecule has 1 aliphatic rings. The summed E-state index contributed by atoms with van der Waals surface area (Å²) >= 11 is 7.77. The van der Waals surface area contributed by atoms with E-state index in [4.69, 9.17) is 24.6 Å². The van der Waals surface area contributed by atoms with Gasteiger partial charge in [0.1, 0.15) is 5.69 Å². The van der Waals surface area contributed by atoms with Gasteiger partial charge < -0.3 is 4.55 Å². The third-order valence-electron chi connectivity index (χ3n) is 3.71. The Labute approximate surface area is 158 Å². The van der Waals surface area contributed by atoms with Crippen molar-refractivity contribution in [3.05, 3.63) is 45.9 Å². The molecule has 0 N–H and O–H groups in total. The van der Waals surface area contributed by atoms with Gasteiger partial charge in [-0.1, -0.05) is 11.6 Å². The second-order valence-corrected chi connectivity index (χ2v) is 8.44. The third kappa shape index (κ3) is 5.32. The third-order valence-corrected chi connectivity index (χ3v) is 5.75. The Bertz CT molecular complexity index is 829. The van der Waals surface area contributed by atoms with Crippen molar-refractivity contribution in [1.82, 2.24) is 0 Å². The standard InChI is InChI=1S/C14H16ClN2S.CHF3O3S/c1-16(13-8-6-12(15)7-9-13)17-10-11-4-2-3-5-14(11)18-17;2-1(3,4)8(5,6)7/h6-10H,2-5H2,1H3;(H,5,6,7)/q+1;/p-1. The summed E-state index contributed by atoms with van der Waals surface area (Å²) in [6, 6.07) is 7.96. The van der Waals surface area contributed by atoms with Gasteiger partial charge in [-0.3, -0.25) is 0 Å². The molecule has 0 saturated carbocycles. The van der Waals surface area contributed by atoms with E-state index in [0.29, 0.717) is 0 Å². The van der Waals surface area contributed by atoms with Crippen LogP contribution in [-0.4, -0.2) is 25.5 Å². The van der Waals surface area contributed by atoms with Crippen LogP contribution in [0, 0.1) is 0 Å². The average molecular weight is 429 g/mol. The maximum absolute atomic E-state index is 10.7. The number of halogens is 4. The molecule has 1 heterocycles. The summed E-state index contributed by atoms with van der Waals surface area (Å²) in [5.74, 6) is 0. The van der Waals surface area contributed by atoms with E-state index in [-0.39, 0.29) is 0 Å². The molecule has 3 rings (SSSR count). The Hall–Kier alpha value is -1.36. The number of hydrogen-bond acceptors (Lipinski definition) is 5. The van der Waals surface area contributed by atoms with Crippen LogP contribution in [0.3, 0.4) is 0 Å². The Kier molecular flexibility index (Phi) is 6.54. The molecular formula is C15H16ClF3N2O3S2. The van der Waals surface area contributed by atoms with Crippen molar-refractivity contribution in [1.29, 1.82) is 0 Å². The van der Waals surface area contributed by atoms with E-state index in [0.717, 1.165) is 10.7 Å². The minimum atomic E-state index is -6.09. The summed E-state index contributed by atoms with van der Waals surface area (Å²) in [7, 11) is -4.00. The number of rotatable bonds is 2. The molecule has 1 aliphatic carbocycles. The predicted octanol–water partition coefficient (Wildman–Crippen LogP) is 3.52. The zero-order valence-corrected chi connectivity index (χ0v) is 16.1. The number of benzene rings is 1. The fourth-order valence-corrected chi connectivity index (χ4v) is 3.59. The lowest BCUT2D eigenvalue weighted by molar-refractivity contribution is -0.612. The number of alkyl halides is 3. The Balaban J connectivity index is 0.000000260. The van der Waals surface area contributed by atoms with E-state index < -0.39 is 15.6 Å². The number of nitrogens with zero attached hydrogens (tertiary/aromatic N) is 2. The molecule has 2 aromatic rings. The van der Waals surface area contributed by atoms with Gasteiger partial charge in [0.25, 0.3) is 0 Å². The molecule has 0 fully saturated rings. The van der Waals surface area contributed by atoms with Crippen LogP contribution >= 0.6 is 23.1 Å². The number of hydrogen-bond donors (Lipinski definition) is 0. The van der Waals surface area contributed by atoms with Crippen LogP contribution in [0.25, 0.3) is 0 Å². The molecule has 0 amide bonds. The Morgan fingerprint density at radius 3 is 2.23 bits per heavy atom. The van der Waals surface area contributed by atoms with Crippen molar-refractivity contribution in [3.8, 4) is 0 Å². The van der Waals surface area contributed by atoms with Gasteiger partial charge >= 0.3 is 5.51 Å². The zero-order chi connectivity index (χ0) is 19.5. The molecule has 1 aromatic carbocycles. The molecule has 5 nitrogen and oxygen atoms in total. The van der Waals surface area contributed by atoms with Gasteiger partial charge in [-0.25, -0.2) is 8.42 Å². The summed E-state index contributed by atoms with van der Waals surface area (Å²) in [5, 5.41) is 2.95. The molecule has 0 aliphatic heterocycles. The van der Waals surface area contributed by atoms with E-state index in [9.17, 15) is 13.2 Å². The second-order valence-electron chi connectivity index (χ2n) is 5.58. The first-order chi connectivity index (χ1) is 12.0. The number of anilines is 1. The maximum atomic E-state index is 10.7. The van der Waals surface area contributed by atoms with Crippen LogP contribution in [0.2, 0.25) is 5.02 Å². The number of fused-ring (bicyclic) bond motifs is 1. The van der Waals surface area contributed by atoms with E-state index >= 15 is 0 Å². The largest absolute Gasteiger partial charge is 0.741 e.